The Morgan fingerprint density at radius 1 is 0.980 bits per heavy atom. The van der Waals surface area contributed by atoms with E-state index < -0.39 is 0 Å². The van der Waals surface area contributed by atoms with Crippen LogP contribution < -0.4 is 24.4 Å². The number of pyridine rings is 1. The van der Waals surface area contributed by atoms with Crippen LogP contribution in [0.25, 0.3) is 17.0 Å². The summed E-state index contributed by atoms with van der Waals surface area (Å²) in [7, 11) is 4.71. The first kappa shape index (κ1) is 34.7. The van der Waals surface area contributed by atoms with Gasteiger partial charge in [-0.3, -0.25) is 14.4 Å². The lowest BCUT2D eigenvalue weighted by molar-refractivity contribution is -0.127. The number of nitrogens with one attached hydrogen (secondary N) is 1. The van der Waals surface area contributed by atoms with Gasteiger partial charge in [0.2, 0.25) is 17.6 Å². The smallest absolute Gasteiger partial charge is 0.273 e. The van der Waals surface area contributed by atoms with Crippen LogP contribution in [0.2, 0.25) is 0 Å². The molecule has 0 radical (unpaired) electrons. The van der Waals surface area contributed by atoms with Crippen LogP contribution in [0.4, 0.5) is 5.82 Å². The minimum absolute atomic E-state index is 0.121. The van der Waals surface area contributed by atoms with E-state index in [2.05, 4.69) is 15.2 Å². The summed E-state index contributed by atoms with van der Waals surface area (Å²) in [5.41, 5.74) is 4.30. The molecule has 2 aromatic carbocycles. The molecule has 0 aliphatic carbocycles. The van der Waals surface area contributed by atoms with E-state index in [1.165, 1.54) is 11.3 Å². The van der Waals surface area contributed by atoms with Gasteiger partial charge < -0.3 is 34.2 Å². The molecule has 0 saturated carbocycles. The lowest BCUT2D eigenvalue weighted by Gasteiger charge is -2.35. The predicted octanol–water partition coefficient (Wildman–Crippen LogP) is 4.64. The number of ether oxygens (including phenoxy) is 3. The van der Waals surface area contributed by atoms with E-state index in [-0.39, 0.29) is 56.2 Å². The zero-order chi connectivity index (χ0) is 35.0. The Bertz CT molecular complexity index is 1850. The summed E-state index contributed by atoms with van der Waals surface area (Å²) >= 11 is 1.33. The first-order chi connectivity index (χ1) is 24.4. The molecule has 1 atom stereocenters. The van der Waals surface area contributed by atoms with Gasteiger partial charge in [-0.05, 0) is 36.5 Å². The molecule has 1 unspecified atom stereocenters. The third-order valence-electron chi connectivity index (χ3n) is 9.16. The Labute approximate surface area is 295 Å². The molecule has 2 aromatic heterocycles. The summed E-state index contributed by atoms with van der Waals surface area (Å²) < 4.78 is 17.2. The molecule has 4 aromatic rings. The number of aromatic nitrogens is 2. The molecule has 13 heteroatoms. The van der Waals surface area contributed by atoms with Crippen LogP contribution in [0.1, 0.15) is 40.9 Å². The summed E-state index contributed by atoms with van der Waals surface area (Å²) in [5, 5.41) is 5.51. The number of thiazole rings is 1. The molecule has 0 spiro atoms. The van der Waals surface area contributed by atoms with Crippen molar-refractivity contribution in [2.45, 2.75) is 25.8 Å². The van der Waals surface area contributed by atoms with Gasteiger partial charge in [0, 0.05) is 80.7 Å². The molecule has 4 heterocycles. The number of benzene rings is 2. The molecule has 2 bridgehead atoms. The lowest BCUT2D eigenvalue weighted by atomic mass is 9.97. The molecule has 262 valence electrons. The Morgan fingerprint density at radius 3 is 2.52 bits per heavy atom. The number of carbonyl (C=O) groups excluding carboxylic acids is 3. The molecular weight excluding hydrogens is 657 g/mol. The fraction of sp³-hybridized carbons (Fsp3) is 0.378. The Kier molecular flexibility index (Phi) is 11.1. The Balaban J connectivity index is 1.46. The standard InChI is InChI=1S/C37H42N6O6S/c1-47-31-19-29-28(34(48-2)35(31)49-3)18-27-22-42(33(45)12-11-25-8-5-4-6-9-25)17-16-41(37(46)30-23-50-24-39-30)15-13-32(44)38-20-26-10-7-14-43(21-26)36(27)40-29/h4-6,8-9,11-12,18-19,23-24,26H,7,10,13-17,20-22H2,1-3H3,(H,38,44)/b12-11+. The quantitative estimate of drug-likeness (QED) is 0.287. The van der Waals surface area contributed by atoms with Crippen LogP contribution in [0.3, 0.4) is 0 Å². The largest absolute Gasteiger partial charge is 0.493 e. The predicted molar refractivity (Wildman–Crippen MR) is 193 cm³/mol. The van der Waals surface area contributed by atoms with Gasteiger partial charge in [-0.1, -0.05) is 30.3 Å². The minimum atomic E-state index is -0.281. The van der Waals surface area contributed by atoms with E-state index in [0.29, 0.717) is 41.5 Å². The van der Waals surface area contributed by atoms with Gasteiger partial charge in [-0.15, -0.1) is 11.3 Å². The second-order valence-corrected chi connectivity index (χ2v) is 13.1. The summed E-state index contributed by atoms with van der Waals surface area (Å²) in [6, 6.07) is 13.5. The normalized spacial score (nSPS) is 17.5. The second-order valence-electron chi connectivity index (χ2n) is 12.4. The number of hydrogen-bond donors (Lipinski definition) is 1. The SMILES string of the molecule is COc1cc2nc3c(cc2c(OC)c1OC)CN(C(=O)/C=C/c1ccccc1)CCN(C(=O)c1cscn1)CCC(=O)NCC1CCCN3C1. The number of carbonyl (C=O) groups is 3. The number of hydrogen-bond acceptors (Lipinski definition) is 10. The summed E-state index contributed by atoms with van der Waals surface area (Å²) in [4.78, 5) is 55.7. The van der Waals surface area contributed by atoms with E-state index in [0.717, 1.165) is 41.7 Å². The van der Waals surface area contributed by atoms with Crippen LogP contribution in [0.5, 0.6) is 17.2 Å². The zero-order valence-corrected chi connectivity index (χ0v) is 29.4. The van der Waals surface area contributed by atoms with E-state index in [4.69, 9.17) is 19.2 Å². The highest BCUT2D eigenvalue weighted by atomic mass is 32.1. The number of amides is 3. The van der Waals surface area contributed by atoms with E-state index in [9.17, 15) is 14.4 Å². The van der Waals surface area contributed by atoms with Gasteiger partial charge in [0.05, 0.1) is 32.4 Å². The number of fused-ring (bicyclic) bond motifs is 5. The van der Waals surface area contributed by atoms with E-state index in [1.54, 1.807) is 54.2 Å². The average Bonchev–Trinajstić information content (AvgIpc) is 3.70. The second kappa shape index (κ2) is 16.0. The number of nitrogens with zero attached hydrogens (tertiary/aromatic N) is 5. The average molecular weight is 699 g/mol. The van der Waals surface area contributed by atoms with Crippen LogP contribution in [0.15, 0.2) is 59.4 Å². The van der Waals surface area contributed by atoms with Crippen molar-refractivity contribution in [1.82, 2.24) is 25.1 Å². The minimum Gasteiger partial charge on any atom is -0.493 e. The van der Waals surface area contributed by atoms with Crippen LogP contribution in [0, 0.1) is 5.92 Å². The Morgan fingerprint density at radius 2 is 1.78 bits per heavy atom. The van der Waals surface area contributed by atoms with Crippen molar-refractivity contribution in [1.29, 1.82) is 0 Å². The van der Waals surface area contributed by atoms with Crippen LogP contribution >= 0.6 is 11.3 Å². The molecule has 2 aliphatic heterocycles. The van der Waals surface area contributed by atoms with Crippen molar-refractivity contribution >= 4 is 51.9 Å². The maximum atomic E-state index is 14.1. The van der Waals surface area contributed by atoms with Crippen molar-refractivity contribution in [2.24, 2.45) is 5.92 Å². The van der Waals surface area contributed by atoms with Crippen LogP contribution in [-0.2, 0) is 16.1 Å². The van der Waals surface area contributed by atoms with E-state index >= 15 is 0 Å². The summed E-state index contributed by atoms with van der Waals surface area (Å²) in [6.45, 7) is 2.80. The third-order valence-corrected chi connectivity index (χ3v) is 9.75. The molecule has 12 nitrogen and oxygen atoms in total. The van der Waals surface area contributed by atoms with Crippen molar-refractivity contribution in [3.63, 3.8) is 0 Å². The van der Waals surface area contributed by atoms with Crippen molar-refractivity contribution in [3.8, 4) is 17.2 Å². The first-order valence-corrected chi connectivity index (χ1v) is 17.7. The van der Waals surface area contributed by atoms with Crippen molar-refractivity contribution in [2.75, 3.05) is 65.5 Å². The maximum Gasteiger partial charge on any atom is 0.273 e. The lowest BCUT2D eigenvalue weighted by Crippen LogP contribution is -2.42. The molecule has 2 aliphatic rings. The maximum absolute atomic E-state index is 14.1. The molecule has 1 fully saturated rings. The third kappa shape index (κ3) is 7.83. The molecular formula is C37H42N6O6S. The summed E-state index contributed by atoms with van der Waals surface area (Å²) in [6.07, 6.45) is 5.37. The number of rotatable bonds is 6. The summed E-state index contributed by atoms with van der Waals surface area (Å²) in [5.74, 6) is 1.74. The van der Waals surface area contributed by atoms with Crippen molar-refractivity contribution < 1.29 is 28.6 Å². The highest BCUT2D eigenvalue weighted by molar-refractivity contribution is 7.07. The van der Waals surface area contributed by atoms with Crippen LogP contribution in [-0.4, -0.2) is 98.1 Å². The highest BCUT2D eigenvalue weighted by Gasteiger charge is 2.28. The fourth-order valence-corrected chi connectivity index (χ4v) is 7.09. The number of piperidine rings is 1. The van der Waals surface area contributed by atoms with Crippen molar-refractivity contribution in [3.05, 3.63) is 76.3 Å². The van der Waals surface area contributed by atoms with E-state index in [1.807, 2.05) is 42.5 Å². The highest BCUT2D eigenvalue weighted by Crippen LogP contribution is 2.44. The number of methoxy groups -OCH3 is 3. The van der Waals surface area contributed by atoms with Gasteiger partial charge in [-0.2, -0.15) is 0 Å². The monoisotopic (exact) mass is 698 g/mol. The van der Waals surface area contributed by atoms with Gasteiger partial charge in [0.15, 0.2) is 11.5 Å². The number of anilines is 1. The molecule has 1 saturated heterocycles. The van der Waals surface area contributed by atoms with Gasteiger partial charge in [0.25, 0.3) is 5.91 Å². The molecule has 50 heavy (non-hydrogen) atoms. The topological polar surface area (TPSA) is 126 Å². The first-order valence-electron chi connectivity index (χ1n) is 16.7. The fourth-order valence-electron chi connectivity index (χ4n) is 6.57. The van der Waals surface area contributed by atoms with Gasteiger partial charge in [-0.25, -0.2) is 9.97 Å². The molecule has 3 amide bonds. The van der Waals surface area contributed by atoms with Gasteiger partial charge in [0.1, 0.15) is 11.5 Å². The van der Waals surface area contributed by atoms with Gasteiger partial charge >= 0.3 is 0 Å². The molecule has 1 N–H and O–H groups in total. The Hall–Kier alpha value is -5.17. The molecule has 6 rings (SSSR count). The zero-order valence-electron chi connectivity index (χ0n) is 28.6.